The lowest BCUT2D eigenvalue weighted by Crippen LogP contribution is -2.43. The molecule has 0 amide bonds. The lowest BCUT2D eigenvalue weighted by atomic mass is 10.3. The van der Waals surface area contributed by atoms with E-state index in [2.05, 4.69) is 21.4 Å². The predicted molar refractivity (Wildman–Crippen MR) is 53.2 cm³/mol. The first-order chi connectivity index (χ1) is 6.38. The molecule has 1 aromatic rings. The third kappa shape index (κ3) is 1.92. The summed E-state index contributed by atoms with van der Waals surface area (Å²) in [7, 11) is 0. The average molecular weight is 197 g/mol. The van der Waals surface area contributed by atoms with Crippen molar-refractivity contribution in [3.63, 3.8) is 0 Å². The van der Waals surface area contributed by atoms with Gasteiger partial charge in [-0.25, -0.2) is 0 Å². The number of rotatable bonds is 1. The molecule has 0 unspecified atom stereocenters. The van der Waals surface area contributed by atoms with Crippen LogP contribution >= 0.6 is 11.6 Å². The molecule has 69 valence electrons. The Kier molecular flexibility index (Phi) is 2.66. The average Bonchev–Trinajstić information content (AvgIpc) is 2.20. The summed E-state index contributed by atoms with van der Waals surface area (Å²) in [5, 5.41) is 4.02. The molecule has 1 N–H and O–H groups in total. The van der Waals surface area contributed by atoms with E-state index in [0.29, 0.717) is 0 Å². The molecule has 1 radical (unpaired) electrons. The summed E-state index contributed by atoms with van der Waals surface area (Å²) in [5.74, 6) is 0. The van der Waals surface area contributed by atoms with Crippen LogP contribution in [0.5, 0.6) is 0 Å². The van der Waals surface area contributed by atoms with Crippen molar-refractivity contribution in [2.24, 2.45) is 0 Å². The lowest BCUT2D eigenvalue weighted by Gasteiger charge is -2.29. The van der Waals surface area contributed by atoms with E-state index >= 15 is 0 Å². The quantitative estimate of drug-likeness (QED) is 0.725. The Labute approximate surface area is 82.7 Å². The summed E-state index contributed by atoms with van der Waals surface area (Å²) in [6.45, 7) is 3.95. The Morgan fingerprint density at radius 2 is 2.23 bits per heavy atom. The first-order valence-corrected chi connectivity index (χ1v) is 4.73. The normalized spacial score (nSPS) is 17.5. The fourth-order valence-electron chi connectivity index (χ4n) is 1.44. The van der Waals surface area contributed by atoms with Crippen molar-refractivity contribution >= 4 is 17.3 Å². The van der Waals surface area contributed by atoms with Crippen LogP contribution in [0.4, 0.5) is 5.69 Å². The SMILES string of the molecule is Clc1ccn[c]c1N1CCNCC1. The van der Waals surface area contributed by atoms with E-state index in [1.807, 2.05) is 0 Å². The number of aromatic nitrogens is 1. The number of hydrogen-bond acceptors (Lipinski definition) is 3. The Morgan fingerprint density at radius 1 is 1.46 bits per heavy atom. The van der Waals surface area contributed by atoms with Gasteiger partial charge in [-0.15, -0.1) is 0 Å². The summed E-state index contributed by atoms with van der Waals surface area (Å²) in [6, 6.07) is 1.80. The number of pyridine rings is 1. The third-order valence-electron chi connectivity index (χ3n) is 2.13. The van der Waals surface area contributed by atoms with E-state index in [0.717, 1.165) is 36.9 Å². The number of nitrogens with zero attached hydrogens (tertiary/aromatic N) is 2. The topological polar surface area (TPSA) is 28.2 Å². The molecule has 1 fully saturated rings. The molecule has 2 rings (SSSR count). The van der Waals surface area contributed by atoms with Gasteiger partial charge in [-0.2, -0.15) is 0 Å². The van der Waals surface area contributed by atoms with Crippen LogP contribution in [0.25, 0.3) is 0 Å². The van der Waals surface area contributed by atoms with Crippen LogP contribution in [-0.4, -0.2) is 31.2 Å². The van der Waals surface area contributed by atoms with Gasteiger partial charge in [0.05, 0.1) is 10.7 Å². The second kappa shape index (κ2) is 3.94. The Bertz CT molecular complexity index is 284. The second-order valence-electron chi connectivity index (χ2n) is 2.99. The van der Waals surface area contributed by atoms with Crippen LogP contribution in [0.1, 0.15) is 0 Å². The highest BCUT2D eigenvalue weighted by Gasteiger charge is 2.13. The van der Waals surface area contributed by atoms with E-state index < -0.39 is 0 Å². The summed E-state index contributed by atoms with van der Waals surface area (Å²) >= 11 is 6.02. The Morgan fingerprint density at radius 3 is 2.92 bits per heavy atom. The minimum Gasteiger partial charge on any atom is -0.366 e. The first kappa shape index (κ1) is 8.78. The summed E-state index contributed by atoms with van der Waals surface area (Å²) in [4.78, 5) is 6.15. The maximum Gasteiger partial charge on any atom is 0.116 e. The van der Waals surface area contributed by atoms with Crippen molar-refractivity contribution in [1.29, 1.82) is 0 Å². The van der Waals surface area contributed by atoms with Crippen molar-refractivity contribution in [3.05, 3.63) is 23.5 Å². The number of halogens is 1. The monoisotopic (exact) mass is 196 g/mol. The van der Waals surface area contributed by atoms with Crippen molar-refractivity contribution in [2.45, 2.75) is 0 Å². The lowest BCUT2D eigenvalue weighted by molar-refractivity contribution is 0.588. The van der Waals surface area contributed by atoms with Gasteiger partial charge in [0, 0.05) is 32.4 Å². The summed E-state index contributed by atoms with van der Waals surface area (Å²) in [6.07, 6.45) is 4.58. The van der Waals surface area contributed by atoms with Crippen molar-refractivity contribution in [1.82, 2.24) is 10.3 Å². The van der Waals surface area contributed by atoms with Crippen LogP contribution in [-0.2, 0) is 0 Å². The maximum atomic E-state index is 6.02. The molecular formula is C9H11ClN3. The van der Waals surface area contributed by atoms with E-state index in [9.17, 15) is 0 Å². The van der Waals surface area contributed by atoms with E-state index in [1.165, 1.54) is 0 Å². The molecule has 0 saturated carbocycles. The van der Waals surface area contributed by atoms with Crippen LogP contribution in [0, 0.1) is 6.20 Å². The van der Waals surface area contributed by atoms with Gasteiger partial charge in [0.2, 0.25) is 0 Å². The van der Waals surface area contributed by atoms with Gasteiger partial charge >= 0.3 is 0 Å². The van der Waals surface area contributed by atoms with Crippen LogP contribution < -0.4 is 10.2 Å². The zero-order valence-corrected chi connectivity index (χ0v) is 8.01. The van der Waals surface area contributed by atoms with Gasteiger partial charge < -0.3 is 10.2 Å². The minimum absolute atomic E-state index is 0.733. The molecule has 0 spiro atoms. The third-order valence-corrected chi connectivity index (χ3v) is 2.43. The first-order valence-electron chi connectivity index (χ1n) is 4.36. The highest BCUT2D eigenvalue weighted by atomic mass is 35.5. The zero-order valence-electron chi connectivity index (χ0n) is 7.26. The number of hydrogen-bond donors (Lipinski definition) is 1. The Hall–Kier alpha value is -0.800. The molecule has 4 heteroatoms. The second-order valence-corrected chi connectivity index (χ2v) is 3.40. The maximum absolute atomic E-state index is 6.02. The van der Waals surface area contributed by atoms with Crippen LogP contribution in [0.3, 0.4) is 0 Å². The van der Waals surface area contributed by atoms with Gasteiger partial charge in [0.1, 0.15) is 6.20 Å². The number of anilines is 1. The van der Waals surface area contributed by atoms with Crippen LogP contribution in [0.15, 0.2) is 12.3 Å². The summed E-state index contributed by atoms with van der Waals surface area (Å²) < 4.78 is 0. The van der Waals surface area contributed by atoms with Gasteiger partial charge in [0.25, 0.3) is 0 Å². The molecule has 1 aliphatic heterocycles. The van der Waals surface area contributed by atoms with Gasteiger partial charge in [-0.1, -0.05) is 11.6 Å². The van der Waals surface area contributed by atoms with Crippen LogP contribution in [0.2, 0.25) is 5.02 Å². The predicted octanol–water partition coefficient (Wildman–Crippen LogP) is 0.945. The number of nitrogens with one attached hydrogen (secondary N) is 1. The molecule has 1 saturated heterocycles. The highest BCUT2D eigenvalue weighted by Crippen LogP contribution is 2.23. The van der Waals surface area contributed by atoms with Gasteiger partial charge in [0.15, 0.2) is 0 Å². The Balaban J connectivity index is 2.18. The molecule has 1 aliphatic rings. The number of piperazine rings is 1. The zero-order chi connectivity index (χ0) is 9.10. The van der Waals surface area contributed by atoms with Crippen molar-refractivity contribution < 1.29 is 0 Å². The summed E-state index contributed by atoms with van der Waals surface area (Å²) in [5.41, 5.74) is 0.922. The molecule has 0 bridgehead atoms. The fraction of sp³-hybridized carbons (Fsp3) is 0.444. The minimum atomic E-state index is 0.733. The van der Waals surface area contributed by atoms with Gasteiger partial charge in [-0.3, -0.25) is 4.98 Å². The fourth-order valence-corrected chi connectivity index (χ4v) is 1.66. The standard InChI is InChI=1S/C9H11ClN3/c10-8-1-2-12-7-9(8)13-5-3-11-4-6-13/h1-2,11H,3-6H2. The smallest absolute Gasteiger partial charge is 0.116 e. The van der Waals surface area contributed by atoms with Crippen molar-refractivity contribution in [3.8, 4) is 0 Å². The molecule has 3 nitrogen and oxygen atoms in total. The van der Waals surface area contributed by atoms with Crippen molar-refractivity contribution in [2.75, 3.05) is 31.1 Å². The van der Waals surface area contributed by atoms with E-state index in [4.69, 9.17) is 11.6 Å². The molecule has 2 heterocycles. The molecule has 0 aliphatic carbocycles. The highest BCUT2D eigenvalue weighted by molar-refractivity contribution is 6.33. The van der Waals surface area contributed by atoms with E-state index in [-0.39, 0.29) is 0 Å². The molecule has 0 atom stereocenters. The molecule has 13 heavy (non-hydrogen) atoms. The van der Waals surface area contributed by atoms with Gasteiger partial charge in [-0.05, 0) is 6.07 Å². The molecule has 0 aromatic carbocycles. The molecular weight excluding hydrogens is 186 g/mol. The molecule has 1 aromatic heterocycles. The van der Waals surface area contributed by atoms with E-state index in [1.54, 1.807) is 12.3 Å². The largest absolute Gasteiger partial charge is 0.366 e.